The van der Waals surface area contributed by atoms with Gasteiger partial charge in [0.05, 0.1) is 26.3 Å². The van der Waals surface area contributed by atoms with Crippen molar-refractivity contribution in [2.75, 3.05) is 63.1 Å². The Balaban J connectivity index is 1.29. The number of nitrogens with two attached hydrogens (primary N) is 1. The number of fused-ring (bicyclic) bond motifs is 3. The second-order valence-electron chi connectivity index (χ2n) is 12.1. The first-order valence-corrected chi connectivity index (χ1v) is 15.7. The fourth-order valence-electron chi connectivity index (χ4n) is 7.42. The Morgan fingerprint density at radius 3 is 2.77 bits per heavy atom. The molecule has 43 heavy (non-hydrogen) atoms. The molecule has 0 radical (unpaired) electrons. The van der Waals surface area contributed by atoms with Gasteiger partial charge in [0.25, 0.3) is 0 Å². The van der Waals surface area contributed by atoms with Gasteiger partial charge in [-0.25, -0.2) is 18.2 Å². The molecule has 4 saturated heterocycles. The molecule has 1 spiro atoms. The number of ether oxygens (including phenoxy) is 1. The summed E-state index contributed by atoms with van der Waals surface area (Å²) in [7, 11) is 0. The summed E-state index contributed by atoms with van der Waals surface area (Å²) in [5.74, 6) is -0.642. The predicted octanol–water partition coefficient (Wildman–Crippen LogP) is 4.13. The van der Waals surface area contributed by atoms with Gasteiger partial charge in [0.1, 0.15) is 29.9 Å². The van der Waals surface area contributed by atoms with E-state index in [2.05, 4.69) is 30.4 Å². The Morgan fingerprint density at radius 1 is 1.12 bits per heavy atom. The Hall–Kier alpha value is -2.97. The molecule has 4 aromatic rings. The Morgan fingerprint density at radius 2 is 1.95 bits per heavy atom. The van der Waals surface area contributed by atoms with Gasteiger partial charge < -0.3 is 26.0 Å². The first-order chi connectivity index (χ1) is 20.8. The molecule has 4 aliphatic heterocycles. The number of nitrogen functional groups attached to an aromatic ring is 1. The third-order valence-corrected chi connectivity index (χ3v) is 10.7. The Labute approximate surface area is 254 Å². The van der Waals surface area contributed by atoms with Gasteiger partial charge in [-0.3, -0.25) is 4.90 Å². The highest BCUT2D eigenvalue weighted by atomic mass is 35.5. The molecule has 9 nitrogen and oxygen atoms in total. The minimum absolute atomic E-state index is 0.0290. The second kappa shape index (κ2) is 10.0. The van der Waals surface area contributed by atoms with Crippen molar-refractivity contribution in [3.63, 3.8) is 0 Å². The molecular weight excluding hydrogens is 601 g/mol. The standard InChI is InChI=1S/C29H30ClF3N8OS/c30-18-8-17-22(21(33)20(18)16-2-3-19(32)24-23(16)37-26(34)43-24)38-27(42-14-28-4-1-6-40(28)10-15(31)9-28)39-25(17)41-7-5-35-11-29(41)12-36-13-29/h2-3,8,15,35-36H,1,4-7,9-14H2,(H2,34,37)/t15-,28?/m1/s1. The number of anilines is 2. The van der Waals surface area contributed by atoms with Crippen LogP contribution in [0, 0.1) is 11.6 Å². The zero-order valence-electron chi connectivity index (χ0n) is 23.2. The summed E-state index contributed by atoms with van der Waals surface area (Å²) < 4.78 is 52.3. The molecule has 14 heteroatoms. The van der Waals surface area contributed by atoms with Crippen LogP contribution in [-0.2, 0) is 0 Å². The highest BCUT2D eigenvalue weighted by Gasteiger charge is 2.50. The van der Waals surface area contributed by atoms with Crippen LogP contribution in [-0.4, -0.2) is 89.5 Å². The second-order valence-corrected chi connectivity index (χ2v) is 13.6. The molecular formula is C29H30ClF3N8OS. The van der Waals surface area contributed by atoms with Gasteiger partial charge in [0, 0.05) is 62.2 Å². The van der Waals surface area contributed by atoms with E-state index in [0.29, 0.717) is 36.3 Å². The van der Waals surface area contributed by atoms with Crippen molar-refractivity contribution in [3.8, 4) is 17.1 Å². The highest BCUT2D eigenvalue weighted by Crippen LogP contribution is 2.44. The number of nitrogens with zero attached hydrogens (tertiary/aromatic N) is 5. The summed E-state index contributed by atoms with van der Waals surface area (Å²) >= 11 is 7.81. The summed E-state index contributed by atoms with van der Waals surface area (Å²) in [6.07, 6.45) is 1.29. The van der Waals surface area contributed by atoms with E-state index < -0.39 is 23.3 Å². The number of halogens is 4. The molecule has 4 aliphatic rings. The zero-order valence-corrected chi connectivity index (χ0v) is 24.8. The van der Waals surface area contributed by atoms with Crippen molar-refractivity contribution in [1.82, 2.24) is 30.5 Å². The number of hydrogen-bond donors (Lipinski definition) is 3. The van der Waals surface area contributed by atoms with E-state index in [1.807, 2.05) is 0 Å². The van der Waals surface area contributed by atoms with Crippen LogP contribution in [0.15, 0.2) is 18.2 Å². The van der Waals surface area contributed by atoms with Gasteiger partial charge >= 0.3 is 6.01 Å². The topological polar surface area (TPSA) is 104 Å². The monoisotopic (exact) mass is 630 g/mol. The molecule has 2 aromatic heterocycles. The zero-order chi connectivity index (χ0) is 29.5. The van der Waals surface area contributed by atoms with E-state index in [1.54, 1.807) is 6.07 Å². The molecule has 0 aliphatic carbocycles. The molecule has 8 rings (SSSR count). The maximum Gasteiger partial charge on any atom is 0.319 e. The predicted molar refractivity (Wildman–Crippen MR) is 162 cm³/mol. The lowest BCUT2D eigenvalue weighted by molar-refractivity contribution is 0.107. The normalized spacial score (nSPS) is 25.1. The van der Waals surface area contributed by atoms with E-state index in [-0.39, 0.29) is 49.6 Å². The van der Waals surface area contributed by atoms with Crippen molar-refractivity contribution in [1.29, 1.82) is 0 Å². The number of alkyl halides is 1. The average molecular weight is 631 g/mol. The van der Waals surface area contributed by atoms with Crippen molar-refractivity contribution in [3.05, 3.63) is 34.9 Å². The number of benzene rings is 2. The number of aromatic nitrogens is 3. The van der Waals surface area contributed by atoms with Crippen molar-refractivity contribution < 1.29 is 17.9 Å². The van der Waals surface area contributed by atoms with Gasteiger partial charge in [0.15, 0.2) is 10.9 Å². The van der Waals surface area contributed by atoms with Gasteiger partial charge in [0.2, 0.25) is 0 Å². The van der Waals surface area contributed by atoms with Crippen LogP contribution in [0.1, 0.15) is 19.3 Å². The van der Waals surface area contributed by atoms with Gasteiger partial charge in [-0.2, -0.15) is 9.97 Å². The van der Waals surface area contributed by atoms with Gasteiger partial charge in [-0.15, -0.1) is 0 Å². The third kappa shape index (κ3) is 4.26. The molecule has 0 amide bonds. The minimum atomic E-state index is -0.904. The third-order valence-electron chi connectivity index (χ3n) is 9.56. The number of rotatable bonds is 5. The number of piperazine rings is 1. The molecule has 2 aromatic carbocycles. The first kappa shape index (κ1) is 27.6. The number of thiazole rings is 1. The molecule has 0 bridgehead atoms. The minimum Gasteiger partial charge on any atom is -0.461 e. The van der Waals surface area contributed by atoms with Crippen LogP contribution < -0.4 is 26.0 Å². The summed E-state index contributed by atoms with van der Waals surface area (Å²) in [5, 5.41) is 7.56. The lowest BCUT2D eigenvalue weighted by Crippen LogP contribution is -2.76. The van der Waals surface area contributed by atoms with Crippen LogP contribution in [0.25, 0.3) is 32.2 Å². The van der Waals surface area contributed by atoms with Crippen LogP contribution >= 0.6 is 22.9 Å². The number of nitrogens with one attached hydrogen (secondary N) is 2. The van der Waals surface area contributed by atoms with Crippen molar-refractivity contribution >= 4 is 55.0 Å². The van der Waals surface area contributed by atoms with E-state index in [4.69, 9.17) is 27.1 Å². The van der Waals surface area contributed by atoms with Crippen LogP contribution in [0.5, 0.6) is 6.01 Å². The van der Waals surface area contributed by atoms with E-state index in [0.717, 1.165) is 56.9 Å². The largest absolute Gasteiger partial charge is 0.461 e. The smallest absolute Gasteiger partial charge is 0.319 e. The lowest BCUT2D eigenvalue weighted by atomic mass is 9.87. The molecule has 4 N–H and O–H groups in total. The SMILES string of the molecule is Nc1nc2c(-c3c(Cl)cc4c(N5CCNCC56CNC6)nc(OCC56CCCN5C[C@H](F)C6)nc4c3F)ccc(F)c2s1. The fourth-order valence-corrected chi connectivity index (χ4v) is 8.48. The lowest BCUT2D eigenvalue weighted by Gasteiger charge is -2.54. The average Bonchev–Trinajstić information content (AvgIpc) is 3.64. The van der Waals surface area contributed by atoms with Crippen LogP contribution in [0.4, 0.5) is 24.1 Å². The van der Waals surface area contributed by atoms with Gasteiger partial charge in [-0.05, 0) is 37.6 Å². The molecule has 4 fully saturated rings. The fraction of sp³-hybridized carbons (Fsp3) is 0.483. The summed E-state index contributed by atoms with van der Waals surface area (Å²) in [4.78, 5) is 18.1. The Kier molecular flexibility index (Phi) is 6.43. The molecule has 0 saturated carbocycles. The summed E-state index contributed by atoms with van der Waals surface area (Å²) in [5.41, 5.74) is 5.89. The van der Waals surface area contributed by atoms with E-state index in [1.165, 1.54) is 12.1 Å². The molecule has 226 valence electrons. The van der Waals surface area contributed by atoms with Crippen molar-refractivity contribution in [2.24, 2.45) is 0 Å². The molecule has 2 atom stereocenters. The van der Waals surface area contributed by atoms with Crippen molar-refractivity contribution in [2.45, 2.75) is 36.5 Å². The maximum absolute atomic E-state index is 16.8. The highest BCUT2D eigenvalue weighted by molar-refractivity contribution is 7.22. The molecule has 6 heterocycles. The maximum atomic E-state index is 16.8. The van der Waals surface area contributed by atoms with Gasteiger partial charge in [-0.1, -0.05) is 22.9 Å². The van der Waals surface area contributed by atoms with Crippen LogP contribution in [0.2, 0.25) is 5.02 Å². The van der Waals surface area contributed by atoms with E-state index in [9.17, 15) is 8.78 Å². The summed E-state index contributed by atoms with van der Waals surface area (Å²) in [6, 6.07) is 4.42. The number of hydrogen-bond acceptors (Lipinski definition) is 10. The summed E-state index contributed by atoms with van der Waals surface area (Å²) in [6.45, 7) is 5.03. The van der Waals surface area contributed by atoms with Crippen LogP contribution in [0.3, 0.4) is 0 Å². The first-order valence-electron chi connectivity index (χ1n) is 14.5. The molecule has 1 unspecified atom stereocenters. The Bertz CT molecular complexity index is 1770. The van der Waals surface area contributed by atoms with E-state index >= 15 is 4.39 Å². The quantitative estimate of drug-likeness (QED) is 0.300.